The van der Waals surface area contributed by atoms with Crippen molar-refractivity contribution >= 4 is 27.6 Å². The Morgan fingerprint density at radius 3 is 2.62 bits per heavy atom. The Hall–Kier alpha value is -2.08. The first-order valence-electron chi connectivity index (χ1n) is 5.35. The normalized spacial score (nSPS) is 10.8. The SMILES string of the molecule is C=Cc1[c]c2ccc3ccccc3c2cc1. The maximum Gasteiger partial charge on any atom is -0.00206 e. The van der Waals surface area contributed by atoms with Gasteiger partial charge >= 0.3 is 0 Å². The van der Waals surface area contributed by atoms with Crippen LogP contribution in [0.15, 0.2) is 55.1 Å². The van der Waals surface area contributed by atoms with Crippen LogP contribution in [0.3, 0.4) is 0 Å². The van der Waals surface area contributed by atoms with Gasteiger partial charge in [-0.05, 0) is 33.2 Å². The van der Waals surface area contributed by atoms with Crippen molar-refractivity contribution in [2.24, 2.45) is 0 Å². The highest BCUT2D eigenvalue weighted by molar-refractivity contribution is 6.07. The molecule has 3 aromatic carbocycles. The van der Waals surface area contributed by atoms with Gasteiger partial charge in [-0.2, -0.15) is 0 Å². The maximum atomic E-state index is 3.77. The van der Waals surface area contributed by atoms with Crippen molar-refractivity contribution in [3.05, 3.63) is 66.7 Å². The number of hydrogen-bond donors (Lipinski definition) is 0. The lowest BCUT2D eigenvalue weighted by Crippen LogP contribution is -1.79. The molecule has 0 fully saturated rings. The van der Waals surface area contributed by atoms with Crippen molar-refractivity contribution in [1.29, 1.82) is 0 Å². The second-order valence-corrected chi connectivity index (χ2v) is 3.87. The highest BCUT2D eigenvalue weighted by atomic mass is 14.0. The monoisotopic (exact) mass is 203 g/mol. The molecule has 0 amide bonds. The fourth-order valence-electron chi connectivity index (χ4n) is 2.07. The van der Waals surface area contributed by atoms with E-state index in [4.69, 9.17) is 0 Å². The Kier molecular flexibility index (Phi) is 2.00. The van der Waals surface area contributed by atoms with Crippen molar-refractivity contribution < 1.29 is 0 Å². The summed E-state index contributed by atoms with van der Waals surface area (Å²) in [5.74, 6) is 0. The summed E-state index contributed by atoms with van der Waals surface area (Å²) >= 11 is 0. The van der Waals surface area contributed by atoms with Gasteiger partial charge in [-0.1, -0.05) is 61.2 Å². The van der Waals surface area contributed by atoms with Crippen LogP contribution in [-0.4, -0.2) is 0 Å². The molecule has 0 aliphatic rings. The van der Waals surface area contributed by atoms with Crippen LogP contribution < -0.4 is 0 Å². The molecule has 1 radical (unpaired) electrons. The molecular formula is C16H11. The molecule has 0 saturated heterocycles. The molecule has 3 aromatic rings. The first kappa shape index (κ1) is 9.17. The third kappa shape index (κ3) is 1.31. The van der Waals surface area contributed by atoms with E-state index in [-0.39, 0.29) is 0 Å². The van der Waals surface area contributed by atoms with Crippen LogP contribution in [0, 0.1) is 6.07 Å². The van der Waals surface area contributed by atoms with Crippen molar-refractivity contribution in [2.45, 2.75) is 0 Å². The van der Waals surface area contributed by atoms with E-state index in [1.54, 1.807) is 0 Å². The topological polar surface area (TPSA) is 0 Å². The lowest BCUT2D eigenvalue weighted by atomic mass is 10.0. The highest BCUT2D eigenvalue weighted by Gasteiger charge is 1.99. The summed E-state index contributed by atoms with van der Waals surface area (Å²) < 4.78 is 0. The zero-order valence-electron chi connectivity index (χ0n) is 8.90. The van der Waals surface area contributed by atoms with E-state index in [1.807, 2.05) is 6.08 Å². The van der Waals surface area contributed by atoms with Gasteiger partial charge in [0.1, 0.15) is 0 Å². The van der Waals surface area contributed by atoms with Crippen LogP contribution in [0.2, 0.25) is 0 Å². The van der Waals surface area contributed by atoms with E-state index in [0.717, 1.165) is 10.9 Å². The van der Waals surface area contributed by atoms with E-state index in [1.165, 1.54) is 16.2 Å². The van der Waals surface area contributed by atoms with Crippen molar-refractivity contribution in [3.63, 3.8) is 0 Å². The minimum Gasteiger partial charge on any atom is -0.0984 e. The standard InChI is InChI=1S/C16H11/c1-2-12-7-10-16-14(11-12)9-8-13-5-3-4-6-15(13)16/h2-10H,1H2. The summed E-state index contributed by atoms with van der Waals surface area (Å²) in [5.41, 5.74) is 1.04. The molecule has 0 bridgehead atoms. The van der Waals surface area contributed by atoms with Gasteiger partial charge < -0.3 is 0 Å². The summed E-state index contributed by atoms with van der Waals surface area (Å²) in [6.07, 6.45) is 1.83. The van der Waals surface area contributed by atoms with E-state index < -0.39 is 0 Å². The fourth-order valence-corrected chi connectivity index (χ4v) is 2.07. The quantitative estimate of drug-likeness (QED) is 0.513. The van der Waals surface area contributed by atoms with Gasteiger partial charge in [-0.25, -0.2) is 0 Å². The molecule has 0 nitrogen and oxygen atoms in total. The molecule has 16 heavy (non-hydrogen) atoms. The molecule has 0 heteroatoms. The third-order valence-corrected chi connectivity index (χ3v) is 2.90. The van der Waals surface area contributed by atoms with Crippen molar-refractivity contribution in [3.8, 4) is 0 Å². The Bertz CT molecular complexity index is 678. The van der Waals surface area contributed by atoms with Gasteiger partial charge in [0.05, 0.1) is 0 Å². The van der Waals surface area contributed by atoms with Crippen LogP contribution in [-0.2, 0) is 0 Å². The Balaban J connectivity index is 2.47. The van der Waals surface area contributed by atoms with Crippen LogP contribution >= 0.6 is 0 Å². The second kappa shape index (κ2) is 3.49. The smallest absolute Gasteiger partial charge is 0.00206 e. The lowest BCUT2D eigenvalue weighted by molar-refractivity contribution is 1.71. The molecule has 0 heterocycles. The zero-order chi connectivity index (χ0) is 11.0. The number of hydrogen-bond acceptors (Lipinski definition) is 0. The zero-order valence-corrected chi connectivity index (χ0v) is 8.90. The van der Waals surface area contributed by atoms with Gasteiger partial charge in [0.25, 0.3) is 0 Å². The Morgan fingerprint density at radius 1 is 0.875 bits per heavy atom. The molecule has 75 valence electrons. The number of benzene rings is 3. The minimum absolute atomic E-state index is 1.04. The third-order valence-electron chi connectivity index (χ3n) is 2.90. The van der Waals surface area contributed by atoms with E-state index in [2.05, 4.69) is 61.2 Å². The molecule has 0 aliphatic carbocycles. The van der Waals surface area contributed by atoms with Gasteiger partial charge in [-0.3, -0.25) is 0 Å². The maximum absolute atomic E-state index is 3.77. The molecule has 0 N–H and O–H groups in total. The predicted octanol–water partition coefficient (Wildman–Crippen LogP) is 4.44. The Morgan fingerprint density at radius 2 is 1.75 bits per heavy atom. The van der Waals surface area contributed by atoms with E-state index >= 15 is 0 Å². The van der Waals surface area contributed by atoms with Gasteiger partial charge in [0.2, 0.25) is 0 Å². The molecule has 0 aliphatic heterocycles. The average molecular weight is 203 g/mol. The molecule has 0 spiro atoms. The van der Waals surface area contributed by atoms with E-state index in [0.29, 0.717) is 0 Å². The summed E-state index contributed by atoms with van der Waals surface area (Å²) in [7, 11) is 0. The fraction of sp³-hybridized carbons (Fsp3) is 0. The summed E-state index contributed by atoms with van der Waals surface area (Å²) in [6, 6.07) is 20.2. The molecule has 0 aromatic heterocycles. The molecule has 0 atom stereocenters. The molecule has 0 unspecified atom stereocenters. The first-order valence-corrected chi connectivity index (χ1v) is 5.35. The van der Waals surface area contributed by atoms with Crippen LogP contribution in [0.5, 0.6) is 0 Å². The van der Waals surface area contributed by atoms with Crippen LogP contribution in [0.4, 0.5) is 0 Å². The summed E-state index contributed by atoms with van der Waals surface area (Å²) in [5, 5.41) is 4.96. The second-order valence-electron chi connectivity index (χ2n) is 3.87. The molecular weight excluding hydrogens is 192 g/mol. The summed E-state index contributed by atoms with van der Waals surface area (Å²) in [6.45, 7) is 3.77. The average Bonchev–Trinajstić information content (AvgIpc) is 2.38. The van der Waals surface area contributed by atoms with Crippen molar-refractivity contribution in [2.75, 3.05) is 0 Å². The predicted molar refractivity (Wildman–Crippen MR) is 70.4 cm³/mol. The van der Waals surface area contributed by atoms with Crippen LogP contribution in [0.1, 0.15) is 5.56 Å². The number of rotatable bonds is 1. The minimum atomic E-state index is 1.04. The largest absolute Gasteiger partial charge is 0.0984 e. The van der Waals surface area contributed by atoms with E-state index in [9.17, 15) is 0 Å². The summed E-state index contributed by atoms with van der Waals surface area (Å²) in [4.78, 5) is 0. The van der Waals surface area contributed by atoms with Crippen molar-refractivity contribution in [1.82, 2.24) is 0 Å². The molecule has 0 saturated carbocycles. The number of fused-ring (bicyclic) bond motifs is 3. The molecule has 3 rings (SSSR count). The van der Waals surface area contributed by atoms with Gasteiger partial charge in [0, 0.05) is 0 Å². The Labute approximate surface area is 94.8 Å². The lowest BCUT2D eigenvalue weighted by Gasteiger charge is -2.04. The first-order chi connectivity index (χ1) is 7.88. The van der Waals surface area contributed by atoms with Gasteiger partial charge in [0.15, 0.2) is 0 Å². The van der Waals surface area contributed by atoms with Gasteiger partial charge in [-0.15, -0.1) is 0 Å². The van der Waals surface area contributed by atoms with Crippen LogP contribution in [0.25, 0.3) is 27.6 Å². The highest BCUT2D eigenvalue weighted by Crippen LogP contribution is 2.25.